The Morgan fingerprint density at radius 3 is 1.36 bits per heavy atom. The van der Waals surface area contributed by atoms with E-state index in [-0.39, 0.29) is 0 Å². The molecule has 28 heavy (non-hydrogen) atoms. The highest BCUT2D eigenvalue weighted by Gasteiger charge is 2.16. The highest BCUT2D eigenvalue weighted by atomic mass is 15.1. The fourth-order valence-electron chi connectivity index (χ4n) is 3.57. The Balaban J connectivity index is 0.000000932. The number of fused-ring (bicyclic) bond motifs is 2. The van der Waals surface area contributed by atoms with E-state index in [1.807, 2.05) is 50.8 Å². The van der Waals surface area contributed by atoms with Crippen LogP contribution in [0.1, 0.15) is 13.8 Å². The van der Waals surface area contributed by atoms with E-state index in [9.17, 15) is 0 Å². The molecule has 3 aromatic heterocycles. The third kappa shape index (κ3) is 2.99. The molecule has 3 heterocycles. The molecule has 0 fully saturated rings. The summed E-state index contributed by atoms with van der Waals surface area (Å²) in [6.45, 7) is 4.00. The van der Waals surface area contributed by atoms with E-state index < -0.39 is 0 Å². The van der Waals surface area contributed by atoms with Crippen LogP contribution in [-0.2, 0) is 0 Å². The summed E-state index contributed by atoms with van der Waals surface area (Å²) in [7, 11) is 0. The SMILES string of the molecule is CC.c1cncc(-c2c3ccccc3c(-c3cccnc3)c3cnncc23)c1. The summed E-state index contributed by atoms with van der Waals surface area (Å²) >= 11 is 0. The van der Waals surface area contributed by atoms with Crippen LogP contribution in [0, 0.1) is 0 Å². The maximum absolute atomic E-state index is 4.31. The maximum atomic E-state index is 4.31. The Morgan fingerprint density at radius 1 is 0.500 bits per heavy atom. The molecule has 4 heteroatoms. The zero-order valence-electron chi connectivity index (χ0n) is 15.9. The molecule has 0 saturated carbocycles. The Bertz CT molecular complexity index is 1060. The average Bonchev–Trinajstić information content (AvgIpc) is 2.80. The van der Waals surface area contributed by atoms with Crippen molar-refractivity contribution < 1.29 is 0 Å². The van der Waals surface area contributed by atoms with Gasteiger partial charge in [0, 0.05) is 57.8 Å². The first-order valence-corrected chi connectivity index (χ1v) is 9.39. The number of benzene rings is 2. The molecule has 5 rings (SSSR count). The fourth-order valence-corrected chi connectivity index (χ4v) is 3.57. The van der Waals surface area contributed by atoms with Crippen molar-refractivity contribution >= 4 is 21.5 Å². The first kappa shape index (κ1) is 17.7. The summed E-state index contributed by atoms with van der Waals surface area (Å²) in [5.41, 5.74) is 4.40. The molecular weight excluding hydrogens is 344 g/mol. The second-order valence-corrected chi connectivity index (χ2v) is 6.10. The van der Waals surface area contributed by atoms with E-state index in [1.54, 1.807) is 12.4 Å². The highest BCUT2D eigenvalue weighted by Crippen LogP contribution is 2.42. The minimum Gasteiger partial charge on any atom is -0.264 e. The third-order valence-corrected chi connectivity index (χ3v) is 4.64. The van der Waals surface area contributed by atoms with Crippen molar-refractivity contribution in [3.8, 4) is 22.3 Å². The van der Waals surface area contributed by atoms with Gasteiger partial charge in [-0.3, -0.25) is 9.97 Å². The molecule has 0 spiro atoms. The molecule has 0 bridgehead atoms. The van der Waals surface area contributed by atoms with Crippen molar-refractivity contribution in [3.05, 3.63) is 85.7 Å². The molecular formula is C24H20N4. The molecule has 5 aromatic rings. The largest absolute Gasteiger partial charge is 0.264 e. The van der Waals surface area contributed by atoms with Crippen molar-refractivity contribution in [2.24, 2.45) is 0 Å². The van der Waals surface area contributed by atoms with Crippen LogP contribution in [0.25, 0.3) is 43.8 Å². The number of rotatable bonds is 2. The molecule has 0 unspecified atom stereocenters. The molecule has 0 saturated heterocycles. The molecule has 4 nitrogen and oxygen atoms in total. The maximum Gasteiger partial charge on any atom is 0.0581 e. The van der Waals surface area contributed by atoms with Gasteiger partial charge < -0.3 is 0 Å². The number of aromatic nitrogens is 4. The van der Waals surface area contributed by atoms with Gasteiger partial charge in [0.1, 0.15) is 0 Å². The van der Waals surface area contributed by atoms with Gasteiger partial charge in [0.15, 0.2) is 0 Å². The van der Waals surface area contributed by atoms with Gasteiger partial charge in [-0.1, -0.05) is 50.2 Å². The minimum absolute atomic E-state index is 1.06. The standard InChI is InChI=1S/C22H14N4.C2H6/c1-2-8-18-17(7-1)21(15-5-3-9-23-11-15)19-13-25-26-14-20(19)22(18)16-6-4-10-24-12-16;1-2/h1-14H;1-2H3. The molecule has 0 radical (unpaired) electrons. The van der Waals surface area contributed by atoms with E-state index in [0.717, 1.165) is 33.0 Å². The van der Waals surface area contributed by atoms with Crippen molar-refractivity contribution in [1.82, 2.24) is 20.2 Å². The van der Waals surface area contributed by atoms with Crippen LogP contribution in [0.15, 0.2) is 85.7 Å². The van der Waals surface area contributed by atoms with Gasteiger partial charge in [-0.2, -0.15) is 10.2 Å². The van der Waals surface area contributed by atoms with Crippen LogP contribution < -0.4 is 0 Å². The van der Waals surface area contributed by atoms with Gasteiger partial charge >= 0.3 is 0 Å². The minimum atomic E-state index is 1.06. The van der Waals surface area contributed by atoms with Gasteiger partial charge in [-0.15, -0.1) is 0 Å². The summed E-state index contributed by atoms with van der Waals surface area (Å²) in [5, 5.41) is 12.8. The Morgan fingerprint density at radius 2 is 0.964 bits per heavy atom. The predicted octanol–water partition coefficient (Wildman–Crippen LogP) is 5.93. The van der Waals surface area contributed by atoms with Gasteiger partial charge in [0.2, 0.25) is 0 Å². The zero-order chi connectivity index (χ0) is 19.3. The molecule has 0 aliphatic carbocycles. The second kappa shape index (κ2) is 7.92. The summed E-state index contributed by atoms with van der Waals surface area (Å²) in [6.07, 6.45) is 11.0. The Hall–Kier alpha value is -3.66. The zero-order valence-corrected chi connectivity index (χ0v) is 15.9. The number of nitrogens with zero attached hydrogens (tertiary/aromatic N) is 4. The number of hydrogen-bond donors (Lipinski definition) is 0. The molecule has 0 aliphatic rings. The van der Waals surface area contributed by atoms with E-state index in [0.29, 0.717) is 0 Å². The first-order chi connectivity index (χ1) is 13.9. The Labute approximate surface area is 163 Å². The summed E-state index contributed by atoms with van der Waals surface area (Å²) in [5.74, 6) is 0. The van der Waals surface area contributed by atoms with Crippen molar-refractivity contribution in [1.29, 1.82) is 0 Å². The molecule has 0 amide bonds. The van der Waals surface area contributed by atoms with E-state index in [2.05, 4.69) is 56.6 Å². The van der Waals surface area contributed by atoms with Gasteiger partial charge in [0.25, 0.3) is 0 Å². The Kier molecular flexibility index (Phi) is 5.02. The van der Waals surface area contributed by atoms with E-state index >= 15 is 0 Å². The van der Waals surface area contributed by atoms with E-state index in [1.165, 1.54) is 10.8 Å². The van der Waals surface area contributed by atoms with Crippen molar-refractivity contribution in [2.45, 2.75) is 13.8 Å². The topological polar surface area (TPSA) is 51.6 Å². The predicted molar refractivity (Wildman–Crippen MR) is 115 cm³/mol. The van der Waals surface area contributed by atoms with Gasteiger partial charge in [-0.05, 0) is 22.9 Å². The lowest BCUT2D eigenvalue weighted by Crippen LogP contribution is -1.93. The van der Waals surface area contributed by atoms with Gasteiger partial charge in [0.05, 0.1) is 12.4 Å². The smallest absolute Gasteiger partial charge is 0.0581 e. The molecule has 2 aromatic carbocycles. The summed E-state index contributed by atoms with van der Waals surface area (Å²) < 4.78 is 0. The van der Waals surface area contributed by atoms with Crippen LogP contribution >= 0.6 is 0 Å². The number of hydrogen-bond acceptors (Lipinski definition) is 4. The van der Waals surface area contributed by atoms with Crippen LogP contribution in [-0.4, -0.2) is 20.2 Å². The van der Waals surface area contributed by atoms with Crippen LogP contribution in [0.2, 0.25) is 0 Å². The van der Waals surface area contributed by atoms with Crippen LogP contribution in [0.5, 0.6) is 0 Å². The fraction of sp³-hybridized carbons (Fsp3) is 0.0833. The second-order valence-electron chi connectivity index (χ2n) is 6.10. The van der Waals surface area contributed by atoms with Crippen molar-refractivity contribution in [2.75, 3.05) is 0 Å². The lowest BCUT2D eigenvalue weighted by Gasteiger charge is -2.16. The lowest BCUT2D eigenvalue weighted by atomic mass is 9.88. The highest BCUT2D eigenvalue weighted by molar-refractivity contribution is 6.20. The van der Waals surface area contributed by atoms with Crippen molar-refractivity contribution in [3.63, 3.8) is 0 Å². The number of pyridine rings is 2. The normalized spacial score (nSPS) is 10.5. The lowest BCUT2D eigenvalue weighted by molar-refractivity contribution is 1.05. The first-order valence-electron chi connectivity index (χ1n) is 9.39. The third-order valence-electron chi connectivity index (χ3n) is 4.64. The van der Waals surface area contributed by atoms with Gasteiger partial charge in [-0.25, -0.2) is 0 Å². The van der Waals surface area contributed by atoms with Crippen LogP contribution in [0.3, 0.4) is 0 Å². The summed E-state index contributed by atoms with van der Waals surface area (Å²) in [4.78, 5) is 8.62. The molecule has 0 N–H and O–H groups in total. The summed E-state index contributed by atoms with van der Waals surface area (Å²) in [6, 6.07) is 16.5. The molecule has 0 aliphatic heterocycles. The molecule has 136 valence electrons. The van der Waals surface area contributed by atoms with Crippen LogP contribution in [0.4, 0.5) is 0 Å². The monoisotopic (exact) mass is 364 g/mol. The van der Waals surface area contributed by atoms with E-state index in [4.69, 9.17) is 0 Å². The quantitative estimate of drug-likeness (QED) is 0.364. The average molecular weight is 364 g/mol. The molecule has 0 atom stereocenters.